The Bertz CT molecular complexity index is 566. The normalized spacial score (nSPS) is 20.6. The predicted octanol–water partition coefficient (Wildman–Crippen LogP) is 0.727. The van der Waals surface area contributed by atoms with Crippen molar-refractivity contribution in [3.63, 3.8) is 0 Å². The van der Waals surface area contributed by atoms with Crippen LogP contribution in [-0.2, 0) is 16.6 Å². The van der Waals surface area contributed by atoms with Crippen molar-refractivity contribution in [2.75, 3.05) is 18.8 Å². The van der Waals surface area contributed by atoms with Gasteiger partial charge >= 0.3 is 0 Å². The van der Waals surface area contributed by atoms with Crippen LogP contribution in [0.4, 0.5) is 0 Å². The number of rotatable bonds is 3. The Morgan fingerprint density at radius 3 is 2.79 bits per heavy atom. The summed E-state index contributed by atoms with van der Waals surface area (Å²) in [5.74, 6) is 0.768. The van der Waals surface area contributed by atoms with Crippen LogP contribution in [0, 0.1) is 6.92 Å². The summed E-state index contributed by atoms with van der Waals surface area (Å²) in [6.45, 7) is 6.37. The second kappa shape index (κ2) is 5.08. The van der Waals surface area contributed by atoms with E-state index in [-0.39, 0.29) is 16.4 Å². The Hall–Kier alpha value is -0.570. The number of hydrogen-bond acceptors (Lipinski definition) is 5. The predicted molar refractivity (Wildman–Crippen MR) is 74.5 cm³/mol. The van der Waals surface area contributed by atoms with Crippen LogP contribution in [0.3, 0.4) is 0 Å². The number of hydrogen-bond donors (Lipinski definition) is 2. The first-order chi connectivity index (χ1) is 8.78. The average molecular weight is 305 g/mol. The number of thioether (sulfide) groups is 1. The number of nitrogens with one attached hydrogen (secondary N) is 1. The zero-order chi connectivity index (χ0) is 14.3. The van der Waals surface area contributed by atoms with Crippen LogP contribution in [0.25, 0.3) is 0 Å². The number of nitrogens with zero attached hydrogens (tertiary/aromatic N) is 2. The number of aromatic amines is 1. The summed E-state index contributed by atoms with van der Waals surface area (Å²) in [6, 6.07) is 0. The van der Waals surface area contributed by atoms with E-state index in [4.69, 9.17) is 0 Å². The topological polar surface area (TPSA) is 86.3 Å². The van der Waals surface area contributed by atoms with Crippen molar-refractivity contribution in [2.24, 2.45) is 0 Å². The minimum absolute atomic E-state index is 0.0461. The average Bonchev–Trinajstić information content (AvgIpc) is 2.69. The highest BCUT2D eigenvalue weighted by molar-refractivity contribution is 8.00. The van der Waals surface area contributed by atoms with Gasteiger partial charge in [-0.3, -0.25) is 5.10 Å². The molecule has 108 valence electrons. The maximum atomic E-state index is 12.6. The number of aliphatic hydroxyl groups is 1. The smallest absolute Gasteiger partial charge is 0.262 e. The summed E-state index contributed by atoms with van der Waals surface area (Å²) in [5, 5.41) is 15.8. The van der Waals surface area contributed by atoms with E-state index in [0.717, 1.165) is 5.75 Å². The summed E-state index contributed by atoms with van der Waals surface area (Å²) in [4.78, 5) is 0. The number of aryl methyl sites for hydroxylation is 1. The molecule has 8 heteroatoms. The van der Waals surface area contributed by atoms with Gasteiger partial charge in [0.2, 0.25) is 0 Å². The molecule has 6 nitrogen and oxygen atoms in total. The van der Waals surface area contributed by atoms with Crippen LogP contribution in [-0.4, -0.2) is 51.6 Å². The molecule has 0 aromatic carbocycles. The van der Waals surface area contributed by atoms with Gasteiger partial charge in [0.15, 0.2) is 5.03 Å². The third kappa shape index (κ3) is 2.81. The maximum Gasteiger partial charge on any atom is 0.262 e. The first kappa shape index (κ1) is 14.8. The number of aromatic nitrogens is 2. The van der Waals surface area contributed by atoms with Crippen LogP contribution in [0.15, 0.2) is 5.03 Å². The van der Waals surface area contributed by atoms with Crippen LogP contribution in [0.5, 0.6) is 0 Å². The lowest BCUT2D eigenvalue weighted by Crippen LogP contribution is -2.46. The molecule has 2 rings (SSSR count). The van der Waals surface area contributed by atoms with Gasteiger partial charge in [0.1, 0.15) is 0 Å². The third-order valence-corrected chi connectivity index (χ3v) is 6.28. The van der Waals surface area contributed by atoms with Crippen LogP contribution < -0.4 is 0 Å². The van der Waals surface area contributed by atoms with E-state index in [2.05, 4.69) is 10.2 Å². The summed E-state index contributed by atoms with van der Waals surface area (Å²) >= 11 is 1.77. The van der Waals surface area contributed by atoms with Gasteiger partial charge in [0, 0.05) is 34.8 Å². The fraction of sp³-hybridized carbons (Fsp3) is 0.727. The molecule has 0 radical (unpaired) electrons. The molecule has 1 aromatic rings. The summed E-state index contributed by atoms with van der Waals surface area (Å²) in [7, 11) is -3.64. The minimum Gasteiger partial charge on any atom is -0.392 e. The van der Waals surface area contributed by atoms with E-state index < -0.39 is 10.0 Å². The Labute approximate surface area is 117 Å². The fourth-order valence-electron chi connectivity index (χ4n) is 2.13. The van der Waals surface area contributed by atoms with Gasteiger partial charge in [-0.1, -0.05) is 0 Å². The second-order valence-corrected chi connectivity index (χ2v) is 8.89. The zero-order valence-electron chi connectivity index (χ0n) is 11.3. The third-order valence-electron chi connectivity index (χ3n) is 3.17. The van der Waals surface area contributed by atoms with Crippen molar-refractivity contribution in [3.05, 3.63) is 11.3 Å². The Morgan fingerprint density at radius 2 is 2.21 bits per heavy atom. The Balaban J connectivity index is 2.37. The molecular formula is C11H19N3O3S2. The molecule has 1 fully saturated rings. The van der Waals surface area contributed by atoms with E-state index in [1.54, 1.807) is 18.7 Å². The van der Waals surface area contributed by atoms with Crippen molar-refractivity contribution >= 4 is 21.8 Å². The molecule has 2 N–H and O–H groups in total. The molecule has 0 saturated carbocycles. The molecule has 0 spiro atoms. The monoisotopic (exact) mass is 305 g/mol. The molecule has 2 heterocycles. The number of aliphatic hydroxyl groups excluding tert-OH is 1. The Kier molecular flexibility index (Phi) is 3.97. The number of H-pyrrole nitrogens is 1. The lowest BCUT2D eigenvalue weighted by Gasteiger charge is -2.36. The molecule has 1 aromatic heterocycles. The Morgan fingerprint density at radius 1 is 1.53 bits per heavy atom. The van der Waals surface area contributed by atoms with Gasteiger partial charge in [0.25, 0.3) is 10.0 Å². The van der Waals surface area contributed by atoms with Gasteiger partial charge in [-0.25, -0.2) is 8.42 Å². The van der Waals surface area contributed by atoms with Gasteiger partial charge in [-0.05, 0) is 20.8 Å². The van der Waals surface area contributed by atoms with Gasteiger partial charge < -0.3 is 5.11 Å². The molecule has 0 unspecified atom stereocenters. The summed E-state index contributed by atoms with van der Waals surface area (Å²) in [5.41, 5.74) is 0.947. The largest absolute Gasteiger partial charge is 0.392 e. The van der Waals surface area contributed by atoms with Gasteiger partial charge in [0.05, 0.1) is 6.61 Å². The molecule has 1 aliphatic rings. The van der Waals surface area contributed by atoms with Crippen LogP contribution >= 0.6 is 11.8 Å². The SMILES string of the molecule is Cc1[nH]nc(S(=O)(=O)N2CCSC(C)(C)C2)c1CO. The molecule has 0 atom stereocenters. The number of sulfonamides is 1. The molecule has 0 amide bonds. The van der Waals surface area contributed by atoms with Crippen molar-refractivity contribution in [2.45, 2.75) is 37.2 Å². The molecule has 1 saturated heterocycles. The summed E-state index contributed by atoms with van der Waals surface area (Å²) < 4.78 is 26.5. The quantitative estimate of drug-likeness (QED) is 0.859. The van der Waals surface area contributed by atoms with E-state index >= 15 is 0 Å². The van der Waals surface area contributed by atoms with E-state index in [0.29, 0.717) is 24.3 Å². The van der Waals surface area contributed by atoms with Gasteiger partial charge in [-0.2, -0.15) is 21.2 Å². The molecular weight excluding hydrogens is 286 g/mol. The molecule has 0 bridgehead atoms. The first-order valence-corrected chi connectivity index (χ1v) is 8.49. The second-order valence-electron chi connectivity index (χ2n) is 5.24. The highest BCUT2D eigenvalue weighted by atomic mass is 32.2. The van der Waals surface area contributed by atoms with E-state index in [9.17, 15) is 13.5 Å². The fourth-order valence-corrected chi connectivity index (χ4v) is 5.20. The molecule has 0 aliphatic carbocycles. The van der Waals surface area contributed by atoms with Crippen molar-refractivity contribution in [1.29, 1.82) is 0 Å². The van der Waals surface area contributed by atoms with Crippen molar-refractivity contribution in [1.82, 2.24) is 14.5 Å². The maximum absolute atomic E-state index is 12.6. The van der Waals surface area contributed by atoms with E-state index in [1.807, 2.05) is 13.8 Å². The van der Waals surface area contributed by atoms with Crippen molar-refractivity contribution < 1.29 is 13.5 Å². The standard InChI is InChI=1S/C11H19N3O3S2/c1-8-9(6-15)10(13-12-8)19(16,17)14-4-5-18-11(2,3)7-14/h15H,4-7H2,1-3H3,(H,12,13). The molecule has 1 aliphatic heterocycles. The molecule has 19 heavy (non-hydrogen) atoms. The van der Waals surface area contributed by atoms with Gasteiger partial charge in [-0.15, -0.1) is 0 Å². The minimum atomic E-state index is -3.64. The highest BCUT2D eigenvalue weighted by Gasteiger charge is 2.37. The van der Waals surface area contributed by atoms with Crippen LogP contribution in [0.2, 0.25) is 0 Å². The van der Waals surface area contributed by atoms with E-state index in [1.165, 1.54) is 4.31 Å². The zero-order valence-corrected chi connectivity index (χ0v) is 12.9. The highest BCUT2D eigenvalue weighted by Crippen LogP contribution is 2.32. The van der Waals surface area contributed by atoms with Crippen LogP contribution in [0.1, 0.15) is 25.1 Å². The lowest BCUT2D eigenvalue weighted by atomic mass is 10.2. The van der Waals surface area contributed by atoms with Crippen molar-refractivity contribution in [3.8, 4) is 0 Å². The lowest BCUT2D eigenvalue weighted by molar-refractivity contribution is 0.277. The summed E-state index contributed by atoms with van der Waals surface area (Å²) in [6.07, 6.45) is 0. The first-order valence-electron chi connectivity index (χ1n) is 6.07.